The number of nitrogens with zero attached hydrogens (tertiary/aromatic N) is 1. The molecule has 0 spiro atoms. The first-order valence-corrected chi connectivity index (χ1v) is 11.3. The predicted octanol–water partition coefficient (Wildman–Crippen LogP) is 3.89. The van der Waals surface area contributed by atoms with Crippen molar-refractivity contribution < 1.29 is 29.4 Å². The Kier molecular flexibility index (Phi) is 8.36. The summed E-state index contributed by atoms with van der Waals surface area (Å²) in [5.74, 6) is -2.85. The number of carboxylic acid groups (broad SMARTS) is 2. The van der Waals surface area contributed by atoms with Crippen molar-refractivity contribution in [2.75, 3.05) is 11.9 Å². The highest BCUT2D eigenvalue weighted by atomic mass is 35.5. The molecular formula is C23H23Cl2N3O6. The molecule has 11 heteroatoms. The number of hydrogen-bond donors (Lipinski definition) is 4. The largest absolute Gasteiger partial charge is 0.480 e. The van der Waals surface area contributed by atoms with Crippen LogP contribution in [0.5, 0.6) is 0 Å². The Morgan fingerprint density at radius 2 is 1.65 bits per heavy atom. The number of piperidine rings is 1. The molecule has 2 atom stereocenters. The molecule has 2 aromatic carbocycles. The van der Waals surface area contributed by atoms with Crippen LogP contribution in [0.1, 0.15) is 35.2 Å². The summed E-state index contributed by atoms with van der Waals surface area (Å²) < 4.78 is 0. The highest BCUT2D eigenvalue weighted by molar-refractivity contribution is 6.40. The van der Waals surface area contributed by atoms with Gasteiger partial charge in [0.1, 0.15) is 12.1 Å². The van der Waals surface area contributed by atoms with E-state index in [0.29, 0.717) is 30.5 Å². The molecule has 0 aromatic heterocycles. The van der Waals surface area contributed by atoms with Gasteiger partial charge in [-0.05, 0) is 49.1 Å². The first-order chi connectivity index (χ1) is 16.2. The van der Waals surface area contributed by atoms with Gasteiger partial charge in [0.25, 0.3) is 5.91 Å². The quantitative estimate of drug-likeness (QED) is 0.448. The minimum atomic E-state index is -1.26. The fourth-order valence-electron chi connectivity index (χ4n) is 3.73. The van der Waals surface area contributed by atoms with Crippen molar-refractivity contribution in [2.24, 2.45) is 0 Å². The Balaban J connectivity index is 1.65. The summed E-state index contributed by atoms with van der Waals surface area (Å²) in [4.78, 5) is 49.4. The van der Waals surface area contributed by atoms with E-state index in [1.165, 1.54) is 4.90 Å². The zero-order chi connectivity index (χ0) is 24.8. The van der Waals surface area contributed by atoms with Crippen LogP contribution in [0.15, 0.2) is 42.5 Å². The number of aliphatic carboxylic acids is 2. The first-order valence-electron chi connectivity index (χ1n) is 10.5. The average molecular weight is 508 g/mol. The Morgan fingerprint density at radius 3 is 2.24 bits per heavy atom. The number of nitrogens with one attached hydrogen (secondary N) is 2. The molecule has 1 saturated heterocycles. The van der Waals surface area contributed by atoms with Gasteiger partial charge in [-0.25, -0.2) is 14.4 Å². The van der Waals surface area contributed by atoms with Gasteiger partial charge in [-0.3, -0.25) is 4.79 Å². The van der Waals surface area contributed by atoms with Gasteiger partial charge in [0.05, 0.1) is 15.6 Å². The van der Waals surface area contributed by atoms with Gasteiger partial charge in [-0.1, -0.05) is 41.4 Å². The van der Waals surface area contributed by atoms with E-state index in [9.17, 15) is 29.4 Å². The molecule has 1 fully saturated rings. The van der Waals surface area contributed by atoms with Gasteiger partial charge in [-0.15, -0.1) is 0 Å². The number of carbonyl (C=O) groups excluding carboxylic acids is 2. The molecule has 0 aliphatic carbocycles. The van der Waals surface area contributed by atoms with Crippen molar-refractivity contribution in [3.8, 4) is 0 Å². The van der Waals surface area contributed by atoms with E-state index < -0.39 is 36.0 Å². The third-order valence-electron chi connectivity index (χ3n) is 5.49. The van der Waals surface area contributed by atoms with Crippen LogP contribution in [0.4, 0.5) is 10.5 Å². The summed E-state index contributed by atoms with van der Waals surface area (Å²) in [6.07, 6.45) is 1.64. The molecule has 180 valence electrons. The molecule has 3 amide bonds. The number of urea groups is 1. The lowest BCUT2D eigenvalue weighted by Gasteiger charge is -2.33. The van der Waals surface area contributed by atoms with Crippen LogP contribution in [0.25, 0.3) is 0 Å². The molecule has 4 N–H and O–H groups in total. The maximum absolute atomic E-state index is 12.6. The van der Waals surface area contributed by atoms with Crippen molar-refractivity contribution in [2.45, 2.75) is 37.8 Å². The summed E-state index contributed by atoms with van der Waals surface area (Å²) in [5, 5.41) is 24.4. The first kappa shape index (κ1) is 25.3. The third-order valence-corrected chi connectivity index (χ3v) is 6.12. The second-order valence-corrected chi connectivity index (χ2v) is 8.65. The van der Waals surface area contributed by atoms with E-state index in [0.717, 1.165) is 0 Å². The van der Waals surface area contributed by atoms with E-state index in [1.807, 2.05) is 0 Å². The summed E-state index contributed by atoms with van der Waals surface area (Å²) in [6.45, 7) is 0.249. The lowest BCUT2D eigenvalue weighted by Crippen LogP contribution is -2.55. The zero-order valence-corrected chi connectivity index (χ0v) is 19.5. The highest BCUT2D eigenvalue weighted by Crippen LogP contribution is 2.25. The van der Waals surface area contributed by atoms with Crippen LogP contribution in [0.3, 0.4) is 0 Å². The predicted molar refractivity (Wildman–Crippen MR) is 126 cm³/mol. The average Bonchev–Trinajstić information content (AvgIpc) is 2.79. The fraction of sp³-hybridized carbons (Fsp3) is 0.304. The second-order valence-electron chi connectivity index (χ2n) is 7.84. The van der Waals surface area contributed by atoms with Crippen LogP contribution < -0.4 is 10.6 Å². The number of likely N-dealkylation sites (tertiary alicyclic amines) is 1. The fourth-order valence-corrected chi connectivity index (χ4v) is 4.30. The number of carboxylic acids is 2. The maximum Gasteiger partial charge on any atom is 0.326 e. The number of amides is 3. The molecule has 1 heterocycles. The summed E-state index contributed by atoms with van der Waals surface area (Å²) in [5.41, 5.74) is 1.18. The Morgan fingerprint density at radius 1 is 1.00 bits per heavy atom. The van der Waals surface area contributed by atoms with Gasteiger partial charge >= 0.3 is 18.0 Å². The number of hydrogen-bond acceptors (Lipinski definition) is 4. The van der Waals surface area contributed by atoms with Crippen molar-refractivity contribution in [1.82, 2.24) is 10.2 Å². The molecule has 0 radical (unpaired) electrons. The van der Waals surface area contributed by atoms with Crippen molar-refractivity contribution in [3.05, 3.63) is 63.6 Å². The van der Waals surface area contributed by atoms with E-state index in [1.54, 1.807) is 42.5 Å². The van der Waals surface area contributed by atoms with Crippen molar-refractivity contribution in [3.63, 3.8) is 0 Å². The number of carbonyl (C=O) groups is 4. The SMILES string of the molecule is O=C(Nc1ccc(C[C@H](NC(=O)N2CCCC[C@H]2C(=O)O)C(=O)O)cc1)c1c(Cl)cccc1Cl. The minimum Gasteiger partial charge on any atom is -0.480 e. The number of rotatable bonds is 7. The number of halogens is 2. The number of anilines is 1. The second kappa shape index (κ2) is 11.2. The Labute approximate surface area is 205 Å². The van der Waals surface area contributed by atoms with E-state index in [4.69, 9.17) is 23.2 Å². The van der Waals surface area contributed by atoms with Gasteiger partial charge in [0.2, 0.25) is 0 Å². The molecule has 1 aliphatic rings. The molecule has 1 aliphatic heterocycles. The van der Waals surface area contributed by atoms with Crippen LogP contribution in [-0.4, -0.2) is 57.6 Å². The summed E-state index contributed by atoms with van der Waals surface area (Å²) >= 11 is 12.1. The van der Waals surface area contributed by atoms with E-state index in [2.05, 4.69) is 10.6 Å². The minimum absolute atomic E-state index is 0.0305. The molecule has 2 aromatic rings. The number of benzene rings is 2. The van der Waals surface area contributed by atoms with Crippen LogP contribution in [-0.2, 0) is 16.0 Å². The summed E-state index contributed by atoms with van der Waals surface area (Å²) in [6, 6.07) is 8.18. The molecule has 0 bridgehead atoms. The standard InChI is InChI=1S/C23H23Cl2N3O6/c24-15-4-3-5-16(25)19(15)20(29)26-14-9-7-13(8-10-14)12-17(21(30)31)27-23(34)28-11-2-1-6-18(28)22(32)33/h3-5,7-10,17-18H,1-2,6,11-12H2,(H,26,29)(H,27,34)(H,30,31)(H,32,33)/t17-,18-/m0/s1. The Hall–Kier alpha value is -3.30. The normalized spacial score (nSPS) is 16.4. The highest BCUT2D eigenvalue weighted by Gasteiger charge is 2.33. The lowest BCUT2D eigenvalue weighted by molar-refractivity contribution is -0.143. The third kappa shape index (κ3) is 6.18. The van der Waals surface area contributed by atoms with Crippen molar-refractivity contribution in [1.29, 1.82) is 0 Å². The molecule has 0 unspecified atom stereocenters. The van der Waals surface area contributed by atoms with E-state index in [-0.39, 0.29) is 28.6 Å². The molecule has 3 rings (SSSR count). The van der Waals surface area contributed by atoms with Gasteiger partial charge in [-0.2, -0.15) is 0 Å². The monoisotopic (exact) mass is 507 g/mol. The molecular weight excluding hydrogens is 485 g/mol. The smallest absolute Gasteiger partial charge is 0.326 e. The van der Waals surface area contributed by atoms with Crippen LogP contribution >= 0.6 is 23.2 Å². The summed E-state index contributed by atoms with van der Waals surface area (Å²) in [7, 11) is 0. The molecule has 34 heavy (non-hydrogen) atoms. The van der Waals surface area contributed by atoms with E-state index >= 15 is 0 Å². The molecule has 9 nitrogen and oxygen atoms in total. The van der Waals surface area contributed by atoms with Gasteiger partial charge < -0.3 is 25.7 Å². The maximum atomic E-state index is 12.6. The topological polar surface area (TPSA) is 136 Å². The lowest BCUT2D eigenvalue weighted by atomic mass is 10.0. The van der Waals surface area contributed by atoms with Crippen LogP contribution in [0, 0.1) is 0 Å². The van der Waals surface area contributed by atoms with Crippen LogP contribution in [0.2, 0.25) is 10.0 Å². The Bertz CT molecular complexity index is 1070. The van der Waals surface area contributed by atoms with Gasteiger partial charge in [0, 0.05) is 18.7 Å². The van der Waals surface area contributed by atoms with Crippen molar-refractivity contribution >= 4 is 52.8 Å². The van der Waals surface area contributed by atoms with Gasteiger partial charge in [0.15, 0.2) is 0 Å². The zero-order valence-electron chi connectivity index (χ0n) is 18.0. The molecule has 0 saturated carbocycles.